The zero-order chi connectivity index (χ0) is 16.2. The Balaban J connectivity index is 2.38. The molecule has 0 fully saturated rings. The molecule has 0 heterocycles. The monoisotopic (exact) mass is 304 g/mol. The van der Waals surface area contributed by atoms with Crippen LogP contribution in [0.1, 0.15) is 32.3 Å². The highest BCUT2D eigenvalue weighted by Gasteiger charge is 2.00. The van der Waals surface area contributed by atoms with Gasteiger partial charge in [0, 0.05) is 18.3 Å². The fourth-order valence-corrected chi connectivity index (χ4v) is 1.72. The van der Waals surface area contributed by atoms with Crippen LogP contribution < -0.4 is 10.6 Å². The number of carbonyl (C=O) groups is 2. The van der Waals surface area contributed by atoms with Gasteiger partial charge in [0.15, 0.2) is 0 Å². The van der Waals surface area contributed by atoms with Gasteiger partial charge in [0.05, 0.1) is 13.2 Å². The summed E-state index contributed by atoms with van der Waals surface area (Å²) in [6, 6.07) is 7.47. The van der Waals surface area contributed by atoms with Gasteiger partial charge in [0.1, 0.15) is 0 Å². The van der Waals surface area contributed by atoms with Crippen molar-refractivity contribution in [2.24, 2.45) is 0 Å². The van der Waals surface area contributed by atoms with E-state index >= 15 is 0 Å². The van der Waals surface area contributed by atoms with Gasteiger partial charge < -0.3 is 15.4 Å². The van der Waals surface area contributed by atoms with Crippen LogP contribution in [-0.2, 0) is 14.3 Å². The Kier molecular flexibility index (Phi) is 8.42. The molecule has 0 atom stereocenters. The molecule has 120 valence electrons. The Morgan fingerprint density at radius 3 is 2.55 bits per heavy atom. The quantitative estimate of drug-likeness (QED) is 0.418. The van der Waals surface area contributed by atoms with Gasteiger partial charge in [0.25, 0.3) is 0 Å². The molecule has 0 saturated heterocycles. The van der Waals surface area contributed by atoms with Crippen LogP contribution >= 0.6 is 0 Å². The Bertz CT molecular complexity index is 495. The van der Waals surface area contributed by atoms with Crippen LogP contribution in [0.5, 0.6) is 0 Å². The molecule has 22 heavy (non-hydrogen) atoms. The maximum absolute atomic E-state index is 11.6. The van der Waals surface area contributed by atoms with Crippen LogP contribution in [0.2, 0.25) is 0 Å². The number of unbranched alkanes of at least 4 members (excludes halogenated alkanes) is 1. The molecule has 1 rings (SSSR count). The van der Waals surface area contributed by atoms with Gasteiger partial charge >= 0.3 is 5.97 Å². The number of esters is 1. The number of ether oxygens (including phenoxy) is 1. The van der Waals surface area contributed by atoms with Crippen LogP contribution in [0.4, 0.5) is 5.69 Å². The first-order valence-corrected chi connectivity index (χ1v) is 7.61. The molecule has 1 aromatic carbocycles. The average Bonchev–Trinajstić information content (AvgIpc) is 2.52. The van der Waals surface area contributed by atoms with Crippen LogP contribution in [0, 0.1) is 0 Å². The van der Waals surface area contributed by atoms with Crippen molar-refractivity contribution in [3.63, 3.8) is 0 Å². The molecule has 2 N–H and O–H groups in total. The molecule has 0 radical (unpaired) electrons. The molecule has 0 saturated carbocycles. The van der Waals surface area contributed by atoms with Crippen LogP contribution in [-0.4, -0.2) is 31.6 Å². The third-order valence-electron chi connectivity index (χ3n) is 2.91. The number of hydrogen-bond donors (Lipinski definition) is 2. The smallest absolute Gasteiger partial charge is 0.330 e. The molecule has 0 aliphatic carbocycles. The molecule has 0 unspecified atom stereocenters. The molecule has 0 aliphatic rings. The first-order valence-electron chi connectivity index (χ1n) is 7.61. The van der Waals surface area contributed by atoms with Crippen molar-refractivity contribution in [3.8, 4) is 0 Å². The van der Waals surface area contributed by atoms with Crippen molar-refractivity contribution in [1.82, 2.24) is 5.32 Å². The average molecular weight is 304 g/mol. The fraction of sp³-hybridized carbons (Fsp3) is 0.412. The Morgan fingerprint density at radius 1 is 1.18 bits per heavy atom. The Hall–Kier alpha value is -2.30. The van der Waals surface area contributed by atoms with E-state index in [-0.39, 0.29) is 18.4 Å². The molecular formula is C17H24N2O3. The Morgan fingerprint density at radius 2 is 1.91 bits per heavy atom. The van der Waals surface area contributed by atoms with Gasteiger partial charge in [0.2, 0.25) is 5.91 Å². The third kappa shape index (κ3) is 7.47. The minimum Gasteiger partial charge on any atom is -0.463 e. The van der Waals surface area contributed by atoms with E-state index in [9.17, 15) is 9.59 Å². The van der Waals surface area contributed by atoms with Gasteiger partial charge in [-0.3, -0.25) is 4.79 Å². The summed E-state index contributed by atoms with van der Waals surface area (Å²) >= 11 is 0. The maximum atomic E-state index is 11.6. The van der Waals surface area contributed by atoms with Gasteiger partial charge in [-0.25, -0.2) is 4.79 Å². The second kappa shape index (κ2) is 10.4. The summed E-state index contributed by atoms with van der Waals surface area (Å²) in [4.78, 5) is 22.8. The first-order chi connectivity index (χ1) is 10.7. The van der Waals surface area contributed by atoms with E-state index < -0.39 is 0 Å². The predicted molar refractivity (Wildman–Crippen MR) is 88.5 cm³/mol. The lowest BCUT2D eigenvalue weighted by Gasteiger charge is -2.07. The van der Waals surface area contributed by atoms with E-state index in [4.69, 9.17) is 4.74 Å². The minimum atomic E-state index is -0.353. The number of benzene rings is 1. The summed E-state index contributed by atoms with van der Waals surface area (Å²) in [5, 5.41) is 5.90. The number of amides is 1. The van der Waals surface area contributed by atoms with Gasteiger partial charge in [-0.2, -0.15) is 0 Å². The highest BCUT2D eigenvalue weighted by molar-refractivity contribution is 5.87. The van der Waals surface area contributed by atoms with Gasteiger partial charge in [-0.15, -0.1) is 0 Å². The van der Waals surface area contributed by atoms with Crippen LogP contribution in [0.3, 0.4) is 0 Å². The molecular weight excluding hydrogens is 280 g/mol. The van der Waals surface area contributed by atoms with Gasteiger partial charge in [-0.1, -0.05) is 25.5 Å². The SMILES string of the molecule is CCCCNC(=O)CNc1ccc(/C=C/C(=O)OCC)cc1. The van der Waals surface area contributed by atoms with Crippen molar-refractivity contribution in [1.29, 1.82) is 0 Å². The van der Waals surface area contributed by atoms with E-state index in [0.29, 0.717) is 13.2 Å². The number of carbonyl (C=O) groups excluding carboxylic acids is 2. The summed E-state index contributed by atoms with van der Waals surface area (Å²) in [6.45, 7) is 5.19. The van der Waals surface area contributed by atoms with Crippen molar-refractivity contribution in [2.45, 2.75) is 26.7 Å². The largest absolute Gasteiger partial charge is 0.463 e. The predicted octanol–water partition coefficient (Wildman–Crippen LogP) is 2.59. The van der Waals surface area contributed by atoms with E-state index in [0.717, 1.165) is 24.1 Å². The minimum absolute atomic E-state index is 0.0141. The molecule has 0 aliphatic heterocycles. The van der Waals surface area contributed by atoms with E-state index in [1.54, 1.807) is 13.0 Å². The summed E-state index contributed by atoms with van der Waals surface area (Å²) in [5.41, 5.74) is 1.75. The standard InChI is InChI=1S/C17H24N2O3/c1-3-5-12-18-16(20)13-19-15-9-6-14(7-10-15)8-11-17(21)22-4-2/h6-11,19H,3-5,12-13H2,1-2H3,(H,18,20)/b11-8+. The summed E-state index contributed by atoms with van der Waals surface area (Å²) in [5.74, 6) is -0.367. The second-order valence-corrected chi connectivity index (χ2v) is 4.76. The molecule has 1 aromatic rings. The second-order valence-electron chi connectivity index (χ2n) is 4.76. The highest BCUT2D eigenvalue weighted by Crippen LogP contribution is 2.10. The van der Waals surface area contributed by atoms with Crippen molar-refractivity contribution in [2.75, 3.05) is 25.0 Å². The topological polar surface area (TPSA) is 67.4 Å². The zero-order valence-electron chi connectivity index (χ0n) is 13.2. The number of hydrogen-bond acceptors (Lipinski definition) is 4. The molecule has 5 nitrogen and oxygen atoms in total. The molecule has 1 amide bonds. The molecule has 0 spiro atoms. The lowest BCUT2D eigenvalue weighted by atomic mass is 10.2. The number of nitrogens with one attached hydrogen (secondary N) is 2. The van der Waals surface area contributed by atoms with Crippen molar-refractivity contribution in [3.05, 3.63) is 35.9 Å². The third-order valence-corrected chi connectivity index (χ3v) is 2.91. The fourth-order valence-electron chi connectivity index (χ4n) is 1.72. The van der Waals surface area contributed by atoms with Crippen LogP contribution in [0.15, 0.2) is 30.3 Å². The van der Waals surface area contributed by atoms with Crippen molar-refractivity contribution < 1.29 is 14.3 Å². The lowest BCUT2D eigenvalue weighted by Crippen LogP contribution is -2.30. The van der Waals surface area contributed by atoms with Crippen LogP contribution in [0.25, 0.3) is 6.08 Å². The van der Waals surface area contributed by atoms with E-state index in [2.05, 4.69) is 17.6 Å². The van der Waals surface area contributed by atoms with E-state index in [1.807, 2.05) is 24.3 Å². The molecule has 5 heteroatoms. The summed E-state index contributed by atoms with van der Waals surface area (Å²) in [6.07, 6.45) is 5.15. The number of rotatable bonds is 9. The zero-order valence-corrected chi connectivity index (χ0v) is 13.2. The highest BCUT2D eigenvalue weighted by atomic mass is 16.5. The summed E-state index contributed by atoms with van der Waals surface area (Å²) in [7, 11) is 0. The number of anilines is 1. The summed E-state index contributed by atoms with van der Waals surface area (Å²) < 4.78 is 4.81. The molecule has 0 bridgehead atoms. The maximum Gasteiger partial charge on any atom is 0.330 e. The molecule has 0 aromatic heterocycles. The van der Waals surface area contributed by atoms with Gasteiger partial charge in [-0.05, 0) is 37.1 Å². The lowest BCUT2D eigenvalue weighted by molar-refractivity contribution is -0.137. The van der Waals surface area contributed by atoms with Crippen molar-refractivity contribution >= 4 is 23.6 Å². The first kappa shape index (κ1) is 17.8. The normalized spacial score (nSPS) is 10.5. The van der Waals surface area contributed by atoms with E-state index in [1.165, 1.54) is 6.08 Å². The Labute approximate surface area is 131 Å².